The summed E-state index contributed by atoms with van der Waals surface area (Å²) in [5.41, 5.74) is 0.326. The minimum atomic E-state index is -0.969. The van der Waals surface area contributed by atoms with Crippen molar-refractivity contribution in [1.29, 1.82) is 0 Å². The van der Waals surface area contributed by atoms with E-state index in [2.05, 4.69) is 45.2 Å². The van der Waals surface area contributed by atoms with E-state index in [0.717, 1.165) is 19.4 Å². The van der Waals surface area contributed by atoms with Crippen LogP contribution >= 0.6 is 15.9 Å². The average molecular weight is 328 g/mol. The summed E-state index contributed by atoms with van der Waals surface area (Å²) < 4.78 is 0.668. The van der Waals surface area contributed by atoms with Gasteiger partial charge in [-0.1, -0.05) is 0 Å². The highest BCUT2D eigenvalue weighted by Crippen LogP contribution is 2.36. The Kier molecular flexibility index (Phi) is 4.10. The monoisotopic (exact) mass is 327 g/mol. The van der Waals surface area contributed by atoms with Crippen LogP contribution in [0.1, 0.15) is 29.6 Å². The van der Waals surface area contributed by atoms with E-state index >= 15 is 0 Å². The minimum absolute atomic E-state index is 0.129. The fraction of sp³-hybridized carbons (Fsp3) is 0.538. The van der Waals surface area contributed by atoms with E-state index in [0.29, 0.717) is 10.3 Å². The van der Waals surface area contributed by atoms with Gasteiger partial charge >= 0.3 is 5.97 Å². The number of pyridine rings is 1. The van der Waals surface area contributed by atoms with Crippen LogP contribution in [0.2, 0.25) is 0 Å². The number of aromatic carboxylic acids is 1. The maximum absolute atomic E-state index is 11.2. The molecule has 1 aliphatic rings. The Morgan fingerprint density at radius 1 is 1.58 bits per heavy atom. The van der Waals surface area contributed by atoms with Crippen LogP contribution in [0.15, 0.2) is 16.7 Å². The van der Waals surface area contributed by atoms with Crippen LogP contribution < -0.4 is 5.32 Å². The Labute approximate surface area is 121 Å². The SMILES string of the molecule is CN(C)C1(CNc2ncc(Br)cc2C(=O)O)CCC1. The molecule has 1 heterocycles. The first kappa shape index (κ1) is 14.3. The van der Waals surface area contributed by atoms with Crippen molar-refractivity contribution in [3.8, 4) is 0 Å². The lowest BCUT2D eigenvalue weighted by atomic mass is 9.75. The van der Waals surface area contributed by atoms with Crippen LogP contribution in [0.4, 0.5) is 5.82 Å². The molecule has 0 amide bonds. The largest absolute Gasteiger partial charge is 0.478 e. The molecule has 104 valence electrons. The van der Waals surface area contributed by atoms with Crippen molar-refractivity contribution in [2.75, 3.05) is 26.0 Å². The van der Waals surface area contributed by atoms with E-state index in [1.54, 1.807) is 12.3 Å². The Morgan fingerprint density at radius 3 is 2.74 bits per heavy atom. The second-order valence-corrected chi connectivity index (χ2v) is 6.10. The van der Waals surface area contributed by atoms with E-state index < -0.39 is 5.97 Å². The second-order valence-electron chi connectivity index (χ2n) is 5.18. The molecule has 0 aliphatic heterocycles. The number of carboxylic acid groups (broad SMARTS) is 1. The van der Waals surface area contributed by atoms with E-state index in [1.807, 2.05) is 0 Å². The number of halogens is 1. The molecule has 0 spiro atoms. The highest BCUT2D eigenvalue weighted by molar-refractivity contribution is 9.10. The molecule has 5 nitrogen and oxygen atoms in total. The van der Waals surface area contributed by atoms with Crippen molar-refractivity contribution >= 4 is 27.7 Å². The molecule has 19 heavy (non-hydrogen) atoms. The lowest BCUT2D eigenvalue weighted by Gasteiger charge is -2.47. The number of hydrogen-bond acceptors (Lipinski definition) is 4. The Morgan fingerprint density at radius 2 is 2.26 bits per heavy atom. The lowest BCUT2D eigenvalue weighted by Crippen LogP contribution is -2.54. The summed E-state index contributed by atoms with van der Waals surface area (Å²) in [4.78, 5) is 17.6. The predicted molar refractivity (Wildman–Crippen MR) is 77.7 cm³/mol. The van der Waals surface area contributed by atoms with E-state index in [4.69, 9.17) is 0 Å². The van der Waals surface area contributed by atoms with Gasteiger partial charge in [-0.3, -0.25) is 0 Å². The highest BCUT2D eigenvalue weighted by Gasteiger charge is 2.39. The summed E-state index contributed by atoms with van der Waals surface area (Å²) in [6.07, 6.45) is 5.09. The quantitative estimate of drug-likeness (QED) is 0.869. The molecule has 2 N–H and O–H groups in total. The van der Waals surface area contributed by atoms with Crippen molar-refractivity contribution in [3.63, 3.8) is 0 Å². The average Bonchev–Trinajstić information content (AvgIpc) is 2.28. The van der Waals surface area contributed by atoms with E-state index in [-0.39, 0.29) is 11.1 Å². The summed E-state index contributed by atoms with van der Waals surface area (Å²) in [5, 5.41) is 12.4. The molecular formula is C13H18BrN3O2. The van der Waals surface area contributed by atoms with Crippen LogP contribution in [0, 0.1) is 0 Å². The fourth-order valence-electron chi connectivity index (χ4n) is 2.36. The number of anilines is 1. The number of carboxylic acids is 1. The van der Waals surface area contributed by atoms with Gasteiger partial charge in [-0.05, 0) is 55.4 Å². The fourth-order valence-corrected chi connectivity index (χ4v) is 2.69. The number of carbonyl (C=O) groups is 1. The Balaban J connectivity index is 2.13. The van der Waals surface area contributed by atoms with Crippen LogP contribution in [0.25, 0.3) is 0 Å². The van der Waals surface area contributed by atoms with Gasteiger partial charge in [-0.25, -0.2) is 9.78 Å². The first-order valence-corrected chi connectivity index (χ1v) is 7.04. The smallest absolute Gasteiger partial charge is 0.339 e. The lowest BCUT2D eigenvalue weighted by molar-refractivity contribution is 0.0692. The molecule has 0 radical (unpaired) electrons. The van der Waals surface area contributed by atoms with Crippen molar-refractivity contribution in [1.82, 2.24) is 9.88 Å². The van der Waals surface area contributed by atoms with Gasteiger partial charge in [-0.15, -0.1) is 0 Å². The third kappa shape index (κ3) is 2.90. The van der Waals surface area contributed by atoms with E-state index in [1.165, 1.54) is 6.42 Å². The topological polar surface area (TPSA) is 65.5 Å². The molecule has 1 fully saturated rings. The summed E-state index contributed by atoms with van der Waals surface area (Å²) >= 11 is 3.24. The molecule has 1 aromatic rings. The van der Waals surface area contributed by atoms with Gasteiger partial charge in [0.15, 0.2) is 0 Å². The van der Waals surface area contributed by atoms with Crippen molar-refractivity contribution in [3.05, 3.63) is 22.3 Å². The third-order valence-corrected chi connectivity index (χ3v) is 4.34. The zero-order chi connectivity index (χ0) is 14.0. The molecule has 1 saturated carbocycles. The first-order chi connectivity index (χ1) is 8.94. The minimum Gasteiger partial charge on any atom is -0.478 e. The van der Waals surface area contributed by atoms with Crippen LogP contribution in [-0.2, 0) is 0 Å². The standard InChI is InChI=1S/C13H18BrN3O2/c1-17(2)13(4-3-5-13)8-16-11-10(12(18)19)6-9(14)7-15-11/h6-7H,3-5,8H2,1-2H3,(H,15,16)(H,18,19). The molecule has 0 bridgehead atoms. The molecule has 6 heteroatoms. The summed E-state index contributed by atoms with van der Waals surface area (Å²) in [7, 11) is 4.13. The molecule has 1 aliphatic carbocycles. The summed E-state index contributed by atoms with van der Waals surface area (Å²) in [6, 6.07) is 1.57. The molecule has 0 unspecified atom stereocenters. The zero-order valence-electron chi connectivity index (χ0n) is 11.1. The molecule has 0 aromatic carbocycles. The number of nitrogens with one attached hydrogen (secondary N) is 1. The molecule has 0 atom stereocenters. The predicted octanol–water partition coefficient (Wildman–Crippen LogP) is 2.44. The number of rotatable bonds is 5. The maximum atomic E-state index is 11.2. The van der Waals surface area contributed by atoms with Gasteiger partial charge in [0.2, 0.25) is 0 Å². The zero-order valence-corrected chi connectivity index (χ0v) is 12.7. The van der Waals surface area contributed by atoms with Gasteiger partial charge in [0, 0.05) is 22.8 Å². The van der Waals surface area contributed by atoms with Crippen LogP contribution in [0.5, 0.6) is 0 Å². The van der Waals surface area contributed by atoms with Crippen molar-refractivity contribution in [2.45, 2.75) is 24.8 Å². The Hall–Kier alpha value is -1.14. The van der Waals surface area contributed by atoms with Gasteiger partial charge in [0.25, 0.3) is 0 Å². The van der Waals surface area contributed by atoms with Crippen molar-refractivity contribution < 1.29 is 9.90 Å². The molecule has 0 saturated heterocycles. The van der Waals surface area contributed by atoms with Crippen molar-refractivity contribution in [2.24, 2.45) is 0 Å². The number of likely N-dealkylation sites (N-methyl/N-ethyl adjacent to an activating group) is 1. The summed E-state index contributed by atoms with van der Waals surface area (Å²) in [5.74, 6) is -0.535. The molecule has 1 aromatic heterocycles. The highest BCUT2D eigenvalue weighted by atomic mass is 79.9. The van der Waals surface area contributed by atoms with Gasteiger partial charge in [-0.2, -0.15) is 0 Å². The van der Waals surface area contributed by atoms with Gasteiger partial charge < -0.3 is 15.3 Å². The van der Waals surface area contributed by atoms with E-state index in [9.17, 15) is 9.90 Å². The second kappa shape index (κ2) is 5.46. The number of aromatic nitrogens is 1. The van der Waals surface area contributed by atoms with Gasteiger partial charge in [0.1, 0.15) is 11.4 Å². The molecule has 2 rings (SSSR count). The summed E-state index contributed by atoms with van der Waals surface area (Å²) in [6.45, 7) is 0.717. The number of nitrogens with zero attached hydrogens (tertiary/aromatic N) is 2. The molecular weight excluding hydrogens is 310 g/mol. The van der Waals surface area contributed by atoms with Crippen LogP contribution in [-0.4, -0.2) is 47.1 Å². The Bertz CT molecular complexity index is 487. The third-order valence-electron chi connectivity index (χ3n) is 3.90. The first-order valence-electron chi connectivity index (χ1n) is 6.25. The van der Waals surface area contributed by atoms with Crippen LogP contribution in [0.3, 0.4) is 0 Å². The van der Waals surface area contributed by atoms with Gasteiger partial charge in [0.05, 0.1) is 0 Å². The maximum Gasteiger partial charge on any atom is 0.339 e. The normalized spacial score (nSPS) is 17.1. The number of hydrogen-bond donors (Lipinski definition) is 2.